The van der Waals surface area contributed by atoms with E-state index in [0.29, 0.717) is 32.0 Å². The summed E-state index contributed by atoms with van der Waals surface area (Å²) in [5.41, 5.74) is 0.0873. The number of likely N-dealkylation sites (tertiary alicyclic amines) is 1. The van der Waals surface area contributed by atoms with Crippen LogP contribution in [0.2, 0.25) is 0 Å². The molecule has 4 rings (SSSR count). The molecule has 0 unspecified atom stereocenters. The highest BCUT2D eigenvalue weighted by atomic mass is 19.4. The van der Waals surface area contributed by atoms with Crippen molar-refractivity contribution >= 4 is 11.9 Å². The first-order chi connectivity index (χ1) is 15.0. The Balaban J connectivity index is 0.000000360. The minimum atomic E-state index is -5.08. The number of carboxylic acid groups (broad SMARTS) is 1. The van der Waals surface area contributed by atoms with E-state index >= 15 is 0 Å². The third kappa shape index (κ3) is 5.15. The zero-order valence-corrected chi connectivity index (χ0v) is 16.9. The zero-order valence-electron chi connectivity index (χ0n) is 16.9. The molecule has 4 heterocycles. The summed E-state index contributed by atoms with van der Waals surface area (Å²) in [6.45, 7) is 2.40. The number of carbonyl (C=O) groups excluding carboxylic acids is 1. The van der Waals surface area contributed by atoms with Crippen LogP contribution in [0.1, 0.15) is 10.5 Å². The van der Waals surface area contributed by atoms with Crippen LogP contribution >= 0.6 is 0 Å². The summed E-state index contributed by atoms with van der Waals surface area (Å²) in [5.74, 6) is -3.20. The summed E-state index contributed by atoms with van der Waals surface area (Å²) in [6, 6.07) is 4.54. The smallest absolute Gasteiger partial charge is 0.475 e. The van der Waals surface area contributed by atoms with E-state index in [1.54, 1.807) is 28.9 Å². The van der Waals surface area contributed by atoms with Gasteiger partial charge in [-0.3, -0.25) is 9.48 Å². The number of hydrogen-bond acceptors (Lipinski definition) is 6. The van der Waals surface area contributed by atoms with E-state index in [0.717, 1.165) is 0 Å². The molecule has 9 nitrogen and oxygen atoms in total. The fraction of sp³-hybridized carbons (Fsp3) is 0.474. The quantitative estimate of drug-likeness (QED) is 0.693. The monoisotopic (exact) mass is 460 g/mol. The van der Waals surface area contributed by atoms with E-state index in [4.69, 9.17) is 19.4 Å². The van der Waals surface area contributed by atoms with Crippen LogP contribution in [0, 0.1) is 17.2 Å². The molecule has 1 N–H and O–H groups in total. The number of hydrogen-bond donors (Lipinski definition) is 1. The Labute approximate surface area is 179 Å². The second-order valence-electron chi connectivity index (χ2n) is 7.52. The maximum Gasteiger partial charge on any atom is 0.490 e. The van der Waals surface area contributed by atoms with Gasteiger partial charge in [0.05, 0.1) is 25.2 Å². The number of nitrogens with zero attached hydrogens (tertiary/aromatic N) is 4. The molecule has 0 spiro atoms. The maximum atomic E-state index is 13.7. The minimum absolute atomic E-state index is 0.0166. The summed E-state index contributed by atoms with van der Waals surface area (Å²) in [7, 11) is 1.78. The van der Waals surface area contributed by atoms with Gasteiger partial charge in [-0.2, -0.15) is 18.3 Å². The van der Waals surface area contributed by atoms with Gasteiger partial charge in [-0.15, -0.1) is 0 Å². The number of halogens is 4. The van der Waals surface area contributed by atoms with E-state index in [1.807, 2.05) is 0 Å². The highest BCUT2D eigenvalue weighted by Gasteiger charge is 2.53. The Hall–Kier alpha value is -3.22. The highest BCUT2D eigenvalue weighted by Crippen LogP contribution is 2.42. The molecule has 13 heteroatoms. The fourth-order valence-corrected chi connectivity index (χ4v) is 3.57. The van der Waals surface area contributed by atoms with Gasteiger partial charge < -0.3 is 19.5 Å². The van der Waals surface area contributed by atoms with E-state index in [1.165, 1.54) is 18.3 Å². The number of carboxylic acids is 1. The van der Waals surface area contributed by atoms with Crippen molar-refractivity contribution in [2.45, 2.75) is 6.18 Å². The molecule has 0 bridgehead atoms. The number of alkyl halides is 3. The van der Waals surface area contributed by atoms with Crippen molar-refractivity contribution in [1.29, 1.82) is 0 Å². The van der Waals surface area contributed by atoms with Crippen molar-refractivity contribution < 1.29 is 41.7 Å². The van der Waals surface area contributed by atoms with E-state index in [-0.39, 0.29) is 29.7 Å². The van der Waals surface area contributed by atoms with Crippen LogP contribution in [0.25, 0.3) is 0 Å². The summed E-state index contributed by atoms with van der Waals surface area (Å²) in [6.07, 6.45) is -1.85. The molecule has 2 fully saturated rings. The van der Waals surface area contributed by atoms with Crippen molar-refractivity contribution in [3.8, 4) is 5.88 Å². The Bertz CT molecular complexity index is 983. The van der Waals surface area contributed by atoms with Crippen LogP contribution in [-0.4, -0.2) is 75.7 Å². The Morgan fingerprint density at radius 2 is 2.09 bits per heavy atom. The van der Waals surface area contributed by atoms with Gasteiger partial charge in [0.2, 0.25) is 5.88 Å². The summed E-state index contributed by atoms with van der Waals surface area (Å²) < 4.78 is 58.3. The van der Waals surface area contributed by atoms with E-state index in [9.17, 15) is 22.4 Å². The largest absolute Gasteiger partial charge is 0.490 e. The summed E-state index contributed by atoms with van der Waals surface area (Å²) in [5, 5.41) is 11.3. The minimum Gasteiger partial charge on any atom is -0.475 e. The Morgan fingerprint density at radius 1 is 1.38 bits per heavy atom. The van der Waals surface area contributed by atoms with Gasteiger partial charge in [-0.25, -0.2) is 14.2 Å². The lowest BCUT2D eigenvalue weighted by atomic mass is 9.82. The predicted octanol–water partition coefficient (Wildman–Crippen LogP) is 1.76. The van der Waals surface area contributed by atoms with Crippen LogP contribution in [0.4, 0.5) is 17.6 Å². The topological polar surface area (TPSA) is 107 Å². The lowest BCUT2D eigenvalue weighted by Gasteiger charge is -2.26. The van der Waals surface area contributed by atoms with Crippen LogP contribution in [0.15, 0.2) is 30.6 Å². The molecule has 2 saturated heterocycles. The number of carbonyl (C=O) groups is 2. The Morgan fingerprint density at radius 3 is 2.69 bits per heavy atom. The molecule has 174 valence electrons. The first-order valence-electron chi connectivity index (χ1n) is 9.42. The number of amides is 1. The molecule has 1 amide bonds. The fourth-order valence-electron chi connectivity index (χ4n) is 3.57. The van der Waals surface area contributed by atoms with Crippen molar-refractivity contribution in [3.63, 3.8) is 0 Å². The molecule has 0 aliphatic carbocycles. The lowest BCUT2D eigenvalue weighted by Crippen LogP contribution is -2.38. The third-order valence-corrected chi connectivity index (χ3v) is 5.20. The number of pyridine rings is 1. The number of ether oxygens (including phenoxy) is 2. The summed E-state index contributed by atoms with van der Waals surface area (Å²) in [4.78, 5) is 27.3. The first-order valence-corrected chi connectivity index (χ1v) is 9.42. The van der Waals surface area contributed by atoms with Gasteiger partial charge in [0, 0.05) is 38.4 Å². The van der Waals surface area contributed by atoms with Gasteiger partial charge in [0.25, 0.3) is 5.91 Å². The van der Waals surface area contributed by atoms with Crippen molar-refractivity contribution in [2.24, 2.45) is 18.4 Å². The normalized spacial score (nSPS) is 22.2. The third-order valence-electron chi connectivity index (χ3n) is 5.20. The average molecular weight is 460 g/mol. The van der Waals surface area contributed by atoms with Gasteiger partial charge in [0.15, 0.2) is 5.82 Å². The van der Waals surface area contributed by atoms with Crippen LogP contribution in [-0.2, 0) is 16.6 Å². The molecule has 2 aliphatic rings. The number of aliphatic carboxylic acids is 1. The van der Waals surface area contributed by atoms with Crippen LogP contribution < -0.4 is 4.74 Å². The highest BCUT2D eigenvalue weighted by molar-refractivity contribution is 5.92. The number of rotatable bonds is 4. The number of aryl methyl sites for hydroxylation is 1. The van der Waals surface area contributed by atoms with Gasteiger partial charge >= 0.3 is 12.1 Å². The molecule has 2 aromatic rings. The molecule has 2 atom stereocenters. The molecule has 0 radical (unpaired) electrons. The predicted molar refractivity (Wildman–Crippen MR) is 99.2 cm³/mol. The Kier molecular flexibility index (Phi) is 6.67. The maximum absolute atomic E-state index is 13.7. The van der Waals surface area contributed by atoms with Crippen LogP contribution in [0.3, 0.4) is 0 Å². The molecule has 32 heavy (non-hydrogen) atoms. The molecule has 2 aromatic heterocycles. The lowest BCUT2D eigenvalue weighted by molar-refractivity contribution is -0.192. The molecular formula is C19H20F4N4O5. The van der Waals surface area contributed by atoms with E-state index < -0.39 is 18.0 Å². The van der Waals surface area contributed by atoms with Crippen LogP contribution in [0.5, 0.6) is 5.88 Å². The van der Waals surface area contributed by atoms with Gasteiger partial charge in [-0.1, -0.05) is 0 Å². The molecule has 2 aliphatic heterocycles. The number of fused-ring (bicyclic) bond motifs is 1. The SMILES string of the molecule is Cn1ccc(C(=O)N2C[C@@H]3COC[C@]3(COc3ncccc3F)C2)n1.O=C(O)C(F)(F)F. The number of aromatic nitrogens is 3. The van der Waals surface area contributed by atoms with Crippen molar-refractivity contribution in [2.75, 3.05) is 32.9 Å². The van der Waals surface area contributed by atoms with Crippen molar-refractivity contribution in [3.05, 3.63) is 42.1 Å². The second kappa shape index (κ2) is 9.10. The van der Waals surface area contributed by atoms with Gasteiger partial charge in [-0.05, 0) is 18.2 Å². The van der Waals surface area contributed by atoms with E-state index in [2.05, 4.69) is 10.1 Å². The van der Waals surface area contributed by atoms with Crippen molar-refractivity contribution in [1.82, 2.24) is 19.7 Å². The molecule has 0 aromatic carbocycles. The zero-order chi connectivity index (χ0) is 23.5. The summed E-state index contributed by atoms with van der Waals surface area (Å²) >= 11 is 0. The second-order valence-corrected chi connectivity index (χ2v) is 7.52. The van der Waals surface area contributed by atoms with Gasteiger partial charge in [0.1, 0.15) is 5.69 Å². The molecular weight excluding hydrogens is 440 g/mol. The standard InChI is InChI=1S/C17H19FN4O3.C2HF3O2/c1-21-6-4-14(20-21)16(23)22-7-12-8-24-10-17(12,9-22)11-25-15-13(18)3-2-5-19-15;3-2(4,5)1(6)7/h2-6,12H,7-11H2,1H3;(H,6,7)/t12-,17+;/m1./s1. The molecule has 0 saturated carbocycles. The first kappa shape index (κ1) is 23.4. The average Bonchev–Trinajstić information content (AvgIpc) is 3.40.